The Morgan fingerprint density at radius 2 is 1.75 bits per heavy atom. The van der Waals surface area contributed by atoms with Gasteiger partial charge in [0, 0.05) is 43.2 Å². The minimum absolute atomic E-state index is 0.309. The molecule has 0 saturated heterocycles. The van der Waals surface area contributed by atoms with Crippen molar-refractivity contribution in [2.45, 2.75) is 0 Å². The van der Waals surface area contributed by atoms with E-state index < -0.39 is 0 Å². The van der Waals surface area contributed by atoms with E-state index in [1.54, 1.807) is 67.5 Å². The summed E-state index contributed by atoms with van der Waals surface area (Å²) in [4.78, 5) is 16.5. The number of fused-ring (bicyclic) bond motifs is 1. The van der Waals surface area contributed by atoms with E-state index in [9.17, 15) is 0 Å². The number of ether oxygens (including phenoxy) is 1. The summed E-state index contributed by atoms with van der Waals surface area (Å²) in [7, 11) is 0. The van der Waals surface area contributed by atoms with Crippen LogP contribution in [-0.4, -0.2) is 30.5 Å². The molecule has 24 heavy (non-hydrogen) atoms. The van der Waals surface area contributed by atoms with Crippen LogP contribution in [0.15, 0.2) is 93.1 Å². The quantitative estimate of drug-likeness (QED) is 0.688. The first-order chi connectivity index (χ1) is 11.9. The molecule has 0 unspecified atom stereocenters. The SMILES string of the molecule is N#CC1=CC2=N\C=C/C=N/C=C\C=C/N=C\C=C/CO/C=C\C2=N1. The molecule has 118 valence electrons. The average molecular weight is 317 g/mol. The fourth-order valence-corrected chi connectivity index (χ4v) is 1.61. The molecule has 0 aliphatic carbocycles. The van der Waals surface area contributed by atoms with Gasteiger partial charge in [0.1, 0.15) is 18.4 Å². The molecule has 2 aliphatic rings. The summed E-state index contributed by atoms with van der Waals surface area (Å²) in [6, 6.07) is 2.00. The Morgan fingerprint density at radius 1 is 0.958 bits per heavy atom. The van der Waals surface area contributed by atoms with Crippen LogP contribution in [0.25, 0.3) is 0 Å². The fourth-order valence-electron chi connectivity index (χ4n) is 1.61. The Labute approximate surface area is 140 Å². The number of aliphatic imine (C=N–C) groups is 4. The van der Waals surface area contributed by atoms with Crippen LogP contribution in [0.3, 0.4) is 0 Å². The molecule has 6 heteroatoms. The predicted octanol–water partition coefficient (Wildman–Crippen LogP) is 3.07. The number of nitriles is 1. The number of hydrogen-bond acceptors (Lipinski definition) is 6. The normalized spacial score (nSPS) is 27.0. The van der Waals surface area contributed by atoms with E-state index in [0.29, 0.717) is 23.7 Å². The molecule has 0 amide bonds. The van der Waals surface area contributed by atoms with Crippen molar-refractivity contribution in [1.82, 2.24) is 0 Å². The third-order valence-corrected chi connectivity index (χ3v) is 2.64. The van der Waals surface area contributed by atoms with E-state index in [1.807, 2.05) is 12.1 Å². The Balaban J connectivity index is 2.17. The maximum Gasteiger partial charge on any atom is 0.143 e. The van der Waals surface area contributed by atoms with Crippen LogP contribution in [0.4, 0.5) is 0 Å². The zero-order valence-electron chi connectivity index (χ0n) is 12.9. The Morgan fingerprint density at radius 3 is 2.54 bits per heavy atom. The first kappa shape index (κ1) is 16.8. The Bertz CT molecular complexity index is 781. The highest BCUT2D eigenvalue weighted by Crippen LogP contribution is 2.09. The number of rotatable bonds is 0. The first-order valence-corrected chi connectivity index (χ1v) is 7.15. The highest BCUT2D eigenvalue weighted by Gasteiger charge is 2.12. The standard InChI is InChI=1S/C18H15N5O/c19-15-16-14-18-17(23-16)6-13-24-12-4-3-9-20-7-1-2-8-21-10-5-11-22-18/h1-11,13-14H,12H2/b4-3-,7-1-,8-2-,11-5-,13-6-,20-9-,21-10+,22-18?. The Hall–Kier alpha value is -3.59. The molecule has 0 atom stereocenters. The highest BCUT2D eigenvalue weighted by molar-refractivity contribution is 6.52. The molecule has 0 fully saturated rings. The van der Waals surface area contributed by atoms with Crippen molar-refractivity contribution in [2.75, 3.05) is 6.61 Å². The number of allylic oxidation sites excluding steroid dienone is 7. The Kier molecular flexibility index (Phi) is 7.12. The monoisotopic (exact) mass is 317 g/mol. The van der Waals surface area contributed by atoms with E-state index in [2.05, 4.69) is 20.0 Å². The third kappa shape index (κ3) is 6.03. The van der Waals surface area contributed by atoms with Crippen molar-refractivity contribution in [3.8, 4) is 6.07 Å². The summed E-state index contributed by atoms with van der Waals surface area (Å²) >= 11 is 0. The molecule has 0 bridgehead atoms. The molecule has 0 aromatic carbocycles. The van der Waals surface area contributed by atoms with Crippen LogP contribution in [0.2, 0.25) is 0 Å². The van der Waals surface area contributed by atoms with Crippen molar-refractivity contribution in [3.05, 3.63) is 73.1 Å². The molecular formula is C18H15N5O. The van der Waals surface area contributed by atoms with Gasteiger partial charge < -0.3 is 4.74 Å². The molecule has 0 N–H and O–H groups in total. The molecule has 0 saturated carbocycles. The van der Waals surface area contributed by atoms with Crippen molar-refractivity contribution >= 4 is 23.9 Å². The van der Waals surface area contributed by atoms with Crippen LogP contribution in [-0.2, 0) is 4.74 Å². The zero-order valence-corrected chi connectivity index (χ0v) is 12.9. The lowest BCUT2D eigenvalue weighted by atomic mass is 10.2. The second-order valence-electron chi connectivity index (χ2n) is 4.34. The molecule has 6 nitrogen and oxygen atoms in total. The van der Waals surface area contributed by atoms with E-state index in [-0.39, 0.29) is 0 Å². The summed E-state index contributed by atoms with van der Waals surface area (Å²) in [5.74, 6) is 0. The van der Waals surface area contributed by atoms with Crippen molar-refractivity contribution in [2.24, 2.45) is 20.0 Å². The topological polar surface area (TPSA) is 82.5 Å². The van der Waals surface area contributed by atoms with Gasteiger partial charge in [-0.05, 0) is 30.4 Å². The van der Waals surface area contributed by atoms with Crippen LogP contribution in [0, 0.1) is 11.3 Å². The molecule has 2 rings (SSSR count). The maximum atomic E-state index is 8.96. The van der Waals surface area contributed by atoms with Gasteiger partial charge in [-0.15, -0.1) is 0 Å². The summed E-state index contributed by atoms with van der Waals surface area (Å²) in [5, 5.41) is 8.96. The van der Waals surface area contributed by atoms with Gasteiger partial charge in [-0.3, -0.25) is 15.0 Å². The van der Waals surface area contributed by atoms with E-state index in [0.717, 1.165) is 0 Å². The van der Waals surface area contributed by atoms with E-state index >= 15 is 0 Å². The summed E-state index contributed by atoms with van der Waals surface area (Å²) in [6.45, 7) is 0.401. The highest BCUT2D eigenvalue weighted by atomic mass is 16.5. The molecular weight excluding hydrogens is 302 g/mol. The van der Waals surface area contributed by atoms with E-state index in [4.69, 9.17) is 10.00 Å². The summed E-state index contributed by atoms with van der Waals surface area (Å²) in [5.41, 5.74) is 1.47. The molecule has 0 radical (unpaired) electrons. The maximum absolute atomic E-state index is 8.96. The van der Waals surface area contributed by atoms with Crippen molar-refractivity contribution in [3.63, 3.8) is 0 Å². The van der Waals surface area contributed by atoms with Gasteiger partial charge in [0.25, 0.3) is 0 Å². The lowest BCUT2D eigenvalue weighted by Crippen LogP contribution is -2.04. The minimum Gasteiger partial charge on any atom is -0.497 e. The first-order valence-electron chi connectivity index (χ1n) is 7.15. The zero-order chi connectivity index (χ0) is 16.9. The van der Waals surface area contributed by atoms with Crippen LogP contribution < -0.4 is 0 Å². The average Bonchev–Trinajstić information content (AvgIpc) is 2.99. The van der Waals surface area contributed by atoms with Gasteiger partial charge in [-0.1, -0.05) is 0 Å². The number of nitrogens with zero attached hydrogens (tertiary/aromatic N) is 5. The molecule has 0 spiro atoms. The van der Waals surface area contributed by atoms with Crippen molar-refractivity contribution in [1.29, 1.82) is 5.26 Å². The number of hydrogen-bond donors (Lipinski definition) is 0. The third-order valence-electron chi connectivity index (χ3n) is 2.64. The van der Waals surface area contributed by atoms with Gasteiger partial charge in [0.15, 0.2) is 0 Å². The smallest absolute Gasteiger partial charge is 0.143 e. The van der Waals surface area contributed by atoms with Crippen LogP contribution in [0.5, 0.6) is 0 Å². The van der Waals surface area contributed by atoms with Crippen molar-refractivity contribution < 1.29 is 4.74 Å². The second-order valence-corrected chi connectivity index (χ2v) is 4.34. The van der Waals surface area contributed by atoms with Gasteiger partial charge >= 0.3 is 0 Å². The van der Waals surface area contributed by atoms with E-state index in [1.165, 1.54) is 6.26 Å². The molecule has 0 aromatic rings. The van der Waals surface area contributed by atoms with Crippen LogP contribution >= 0.6 is 0 Å². The predicted molar refractivity (Wildman–Crippen MR) is 97.2 cm³/mol. The molecule has 2 heterocycles. The fraction of sp³-hybridized carbons (Fsp3) is 0.0556. The minimum atomic E-state index is 0.309. The van der Waals surface area contributed by atoms with Gasteiger partial charge in [0.05, 0.1) is 17.7 Å². The lowest BCUT2D eigenvalue weighted by molar-refractivity contribution is 0.290. The summed E-state index contributed by atoms with van der Waals surface area (Å²) < 4.78 is 5.34. The van der Waals surface area contributed by atoms with Gasteiger partial charge in [-0.25, -0.2) is 4.99 Å². The lowest BCUT2D eigenvalue weighted by Gasteiger charge is -1.95. The summed E-state index contributed by atoms with van der Waals surface area (Å²) in [6.07, 6.45) is 21.8. The van der Waals surface area contributed by atoms with Gasteiger partial charge in [0.2, 0.25) is 0 Å². The largest absolute Gasteiger partial charge is 0.497 e. The molecule has 2 aliphatic heterocycles. The molecule has 0 aromatic heterocycles. The van der Waals surface area contributed by atoms with Gasteiger partial charge in [-0.2, -0.15) is 5.26 Å². The van der Waals surface area contributed by atoms with Crippen LogP contribution in [0.1, 0.15) is 0 Å². The second kappa shape index (κ2) is 10.2.